The van der Waals surface area contributed by atoms with Crippen molar-refractivity contribution in [2.45, 2.75) is 19.3 Å². The highest BCUT2D eigenvalue weighted by atomic mass is 16.3. The predicted octanol–water partition coefficient (Wildman–Crippen LogP) is 2.46. The van der Waals surface area contributed by atoms with Crippen molar-refractivity contribution >= 4 is 11.6 Å². The molecule has 2 aromatic carbocycles. The number of benzene rings is 2. The fourth-order valence-electron chi connectivity index (χ4n) is 2.17. The van der Waals surface area contributed by atoms with Crippen molar-refractivity contribution in [2.24, 2.45) is 5.73 Å². The van der Waals surface area contributed by atoms with E-state index >= 15 is 0 Å². The Balaban J connectivity index is 1.96. The van der Waals surface area contributed by atoms with Gasteiger partial charge in [-0.15, -0.1) is 0 Å². The van der Waals surface area contributed by atoms with Crippen molar-refractivity contribution in [1.82, 2.24) is 0 Å². The lowest BCUT2D eigenvalue weighted by atomic mass is 10.1. The second-order valence-corrected chi connectivity index (χ2v) is 4.99. The fraction of sp³-hybridized carbons (Fsp3) is 0.235. The van der Waals surface area contributed by atoms with Crippen molar-refractivity contribution in [3.8, 4) is 5.75 Å². The quantitative estimate of drug-likeness (QED) is 0.762. The first kappa shape index (κ1) is 15.1. The van der Waals surface area contributed by atoms with Gasteiger partial charge in [-0.25, -0.2) is 0 Å². The van der Waals surface area contributed by atoms with E-state index in [1.807, 2.05) is 30.3 Å². The highest BCUT2D eigenvalue weighted by Gasteiger charge is 2.05. The average molecular weight is 284 g/mol. The van der Waals surface area contributed by atoms with Gasteiger partial charge < -0.3 is 16.2 Å². The van der Waals surface area contributed by atoms with Crippen LogP contribution in [0.1, 0.15) is 17.5 Å². The monoisotopic (exact) mass is 284 g/mol. The molecule has 4 N–H and O–H groups in total. The van der Waals surface area contributed by atoms with Crippen LogP contribution in [0.4, 0.5) is 5.69 Å². The molecule has 4 heteroatoms. The van der Waals surface area contributed by atoms with E-state index in [0.29, 0.717) is 6.54 Å². The lowest BCUT2D eigenvalue weighted by Gasteiger charge is -2.08. The zero-order valence-corrected chi connectivity index (χ0v) is 11.9. The van der Waals surface area contributed by atoms with Crippen LogP contribution >= 0.6 is 0 Å². The Kier molecular flexibility index (Phi) is 5.35. The summed E-state index contributed by atoms with van der Waals surface area (Å²) in [5.74, 6) is 0.0701. The molecule has 2 rings (SSSR count). The molecule has 21 heavy (non-hydrogen) atoms. The van der Waals surface area contributed by atoms with E-state index in [1.54, 1.807) is 18.2 Å². The van der Waals surface area contributed by atoms with Crippen molar-refractivity contribution in [3.05, 3.63) is 59.7 Å². The second-order valence-electron chi connectivity index (χ2n) is 4.99. The van der Waals surface area contributed by atoms with Gasteiger partial charge in [0, 0.05) is 5.69 Å². The summed E-state index contributed by atoms with van der Waals surface area (Å²) in [5, 5.41) is 12.3. The van der Waals surface area contributed by atoms with Crippen LogP contribution in [0, 0.1) is 0 Å². The zero-order valence-electron chi connectivity index (χ0n) is 11.9. The molecule has 0 saturated heterocycles. The Morgan fingerprint density at radius 3 is 2.62 bits per heavy atom. The van der Waals surface area contributed by atoms with Crippen molar-refractivity contribution in [2.75, 3.05) is 11.9 Å². The molecular weight excluding hydrogens is 264 g/mol. The number of rotatable bonds is 6. The Morgan fingerprint density at radius 2 is 1.86 bits per heavy atom. The highest BCUT2D eigenvalue weighted by Crippen LogP contribution is 2.14. The topological polar surface area (TPSA) is 75.3 Å². The van der Waals surface area contributed by atoms with Crippen molar-refractivity contribution in [3.63, 3.8) is 0 Å². The number of hydrogen-bond acceptors (Lipinski definition) is 3. The summed E-state index contributed by atoms with van der Waals surface area (Å²) in [7, 11) is 0. The van der Waals surface area contributed by atoms with Gasteiger partial charge >= 0.3 is 0 Å². The maximum absolute atomic E-state index is 12.0. The maximum Gasteiger partial charge on any atom is 0.228 e. The van der Waals surface area contributed by atoms with Gasteiger partial charge in [-0.1, -0.05) is 24.3 Å². The summed E-state index contributed by atoms with van der Waals surface area (Å²) < 4.78 is 0. The summed E-state index contributed by atoms with van der Waals surface area (Å²) in [6.45, 7) is 0.661. The number of aromatic hydroxyl groups is 1. The summed E-state index contributed by atoms with van der Waals surface area (Å²) in [4.78, 5) is 12.0. The predicted molar refractivity (Wildman–Crippen MR) is 84.3 cm³/mol. The molecule has 0 aromatic heterocycles. The van der Waals surface area contributed by atoms with Gasteiger partial charge in [0.25, 0.3) is 0 Å². The highest BCUT2D eigenvalue weighted by molar-refractivity contribution is 5.92. The van der Waals surface area contributed by atoms with Gasteiger partial charge in [0.15, 0.2) is 0 Å². The number of amides is 1. The van der Waals surface area contributed by atoms with E-state index in [9.17, 15) is 9.90 Å². The second kappa shape index (κ2) is 7.45. The molecule has 4 nitrogen and oxygen atoms in total. The molecule has 110 valence electrons. The molecule has 0 bridgehead atoms. The molecule has 0 saturated carbocycles. The number of carbonyl (C=O) groups excluding carboxylic acids is 1. The molecule has 0 aliphatic rings. The van der Waals surface area contributed by atoms with Gasteiger partial charge in [0.05, 0.1) is 6.42 Å². The summed E-state index contributed by atoms with van der Waals surface area (Å²) in [6, 6.07) is 14.5. The normalized spacial score (nSPS) is 10.3. The first-order chi connectivity index (χ1) is 10.2. The van der Waals surface area contributed by atoms with E-state index in [4.69, 9.17) is 5.73 Å². The first-order valence-electron chi connectivity index (χ1n) is 7.04. The minimum atomic E-state index is -0.100. The molecule has 0 heterocycles. The van der Waals surface area contributed by atoms with E-state index in [0.717, 1.165) is 29.7 Å². The van der Waals surface area contributed by atoms with Crippen LogP contribution < -0.4 is 11.1 Å². The number of aryl methyl sites for hydroxylation is 1. The summed E-state index contributed by atoms with van der Waals surface area (Å²) >= 11 is 0. The van der Waals surface area contributed by atoms with Gasteiger partial charge in [-0.3, -0.25) is 4.79 Å². The molecule has 0 fully saturated rings. The van der Waals surface area contributed by atoms with Crippen LogP contribution in [0.3, 0.4) is 0 Å². The third-order valence-electron chi connectivity index (χ3n) is 3.16. The smallest absolute Gasteiger partial charge is 0.228 e. The minimum Gasteiger partial charge on any atom is -0.508 e. The van der Waals surface area contributed by atoms with Crippen LogP contribution in [0.25, 0.3) is 0 Å². The fourth-order valence-corrected chi connectivity index (χ4v) is 2.17. The van der Waals surface area contributed by atoms with Gasteiger partial charge in [-0.05, 0) is 54.8 Å². The Morgan fingerprint density at radius 1 is 1.10 bits per heavy atom. The Bertz CT molecular complexity index is 611. The first-order valence-corrected chi connectivity index (χ1v) is 7.04. The SMILES string of the molecule is NCCCc1cccc(NC(=O)Cc2cccc(O)c2)c1. The van der Waals surface area contributed by atoms with Crippen LogP contribution in [-0.2, 0) is 17.6 Å². The van der Waals surface area contributed by atoms with Crippen LogP contribution in [-0.4, -0.2) is 17.6 Å². The van der Waals surface area contributed by atoms with Crippen LogP contribution in [0.15, 0.2) is 48.5 Å². The molecule has 0 aliphatic carbocycles. The zero-order chi connectivity index (χ0) is 15.1. The molecular formula is C17H20N2O2. The number of anilines is 1. The number of phenolic OH excluding ortho intramolecular Hbond substituents is 1. The van der Waals surface area contributed by atoms with Crippen LogP contribution in [0.5, 0.6) is 5.75 Å². The molecule has 1 amide bonds. The van der Waals surface area contributed by atoms with Gasteiger partial charge in [-0.2, -0.15) is 0 Å². The van der Waals surface area contributed by atoms with Crippen LogP contribution in [0.2, 0.25) is 0 Å². The molecule has 0 atom stereocenters. The minimum absolute atomic E-state index is 0.100. The van der Waals surface area contributed by atoms with E-state index in [2.05, 4.69) is 5.32 Å². The molecule has 0 spiro atoms. The third kappa shape index (κ3) is 4.93. The van der Waals surface area contributed by atoms with E-state index in [-0.39, 0.29) is 18.1 Å². The standard InChI is InChI=1S/C17H20N2O2/c18-9-3-6-13-4-1-7-15(10-13)19-17(21)12-14-5-2-8-16(20)11-14/h1-2,4-5,7-8,10-11,20H,3,6,9,12,18H2,(H,19,21). The number of nitrogens with one attached hydrogen (secondary N) is 1. The molecule has 0 radical (unpaired) electrons. The average Bonchev–Trinajstić information content (AvgIpc) is 2.45. The van der Waals surface area contributed by atoms with Gasteiger partial charge in [0.1, 0.15) is 5.75 Å². The van der Waals surface area contributed by atoms with E-state index in [1.165, 1.54) is 0 Å². The van der Waals surface area contributed by atoms with Gasteiger partial charge in [0.2, 0.25) is 5.91 Å². The van der Waals surface area contributed by atoms with Crippen molar-refractivity contribution in [1.29, 1.82) is 0 Å². The molecule has 2 aromatic rings. The number of hydrogen-bond donors (Lipinski definition) is 3. The summed E-state index contributed by atoms with van der Waals surface area (Å²) in [5.41, 5.74) is 8.24. The number of carbonyl (C=O) groups is 1. The number of phenols is 1. The van der Waals surface area contributed by atoms with E-state index < -0.39 is 0 Å². The lowest BCUT2D eigenvalue weighted by Crippen LogP contribution is -2.14. The largest absolute Gasteiger partial charge is 0.508 e. The molecule has 0 unspecified atom stereocenters. The Hall–Kier alpha value is -2.33. The molecule has 0 aliphatic heterocycles. The van der Waals surface area contributed by atoms with Crippen molar-refractivity contribution < 1.29 is 9.90 Å². The maximum atomic E-state index is 12.0. The Labute approximate surface area is 124 Å². The third-order valence-corrected chi connectivity index (χ3v) is 3.16. The number of nitrogens with two attached hydrogens (primary N) is 1. The summed E-state index contributed by atoms with van der Waals surface area (Å²) in [6.07, 6.45) is 2.08. The lowest BCUT2D eigenvalue weighted by molar-refractivity contribution is -0.115.